The second-order valence-electron chi connectivity index (χ2n) is 2.48. The summed E-state index contributed by atoms with van der Waals surface area (Å²) in [5.74, 6) is 0.564. The average Bonchev–Trinajstić information content (AvgIpc) is 2.52. The largest absolute Gasteiger partial charge is 0.429 e. The van der Waals surface area contributed by atoms with E-state index in [4.69, 9.17) is 16.0 Å². The maximum Gasteiger partial charge on any atom is 0.227 e. The Morgan fingerprint density at radius 1 is 1.38 bits per heavy atom. The maximum atomic E-state index is 5.82. The van der Waals surface area contributed by atoms with Gasteiger partial charge in [-0.3, -0.25) is 0 Å². The predicted octanol–water partition coefficient (Wildman–Crippen LogP) is 3.76. The first-order valence-electron chi connectivity index (χ1n) is 3.63. The number of oxazole rings is 1. The van der Waals surface area contributed by atoms with E-state index in [2.05, 4.69) is 20.9 Å². The molecule has 0 N–H and O–H groups in total. The Balaban J connectivity index is 2.46. The second kappa shape index (κ2) is 3.52. The van der Waals surface area contributed by atoms with Crippen molar-refractivity contribution in [2.45, 2.75) is 0 Å². The van der Waals surface area contributed by atoms with E-state index in [1.807, 2.05) is 18.2 Å². The van der Waals surface area contributed by atoms with Crippen molar-refractivity contribution < 1.29 is 4.42 Å². The molecule has 0 radical (unpaired) electrons. The Bertz CT molecular complexity index is 427. The van der Waals surface area contributed by atoms with Crippen LogP contribution in [-0.4, -0.2) is 4.98 Å². The van der Waals surface area contributed by atoms with Crippen LogP contribution in [0, 0.1) is 0 Å². The molecule has 0 fully saturated rings. The molecule has 13 heavy (non-hydrogen) atoms. The fourth-order valence-electron chi connectivity index (χ4n) is 1.01. The van der Waals surface area contributed by atoms with E-state index >= 15 is 0 Å². The van der Waals surface area contributed by atoms with Crippen LogP contribution in [0.5, 0.6) is 0 Å². The van der Waals surface area contributed by atoms with Crippen molar-refractivity contribution in [3.05, 3.63) is 40.2 Å². The van der Waals surface area contributed by atoms with Gasteiger partial charge in [0.25, 0.3) is 0 Å². The summed E-state index contributed by atoms with van der Waals surface area (Å²) in [7, 11) is 0. The topological polar surface area (TPSA) is 26.0 Å². The van der Waals surface area contributed by atoms with Gasteiger partial charge in [0, 0.05) is 10.6 Å². The fraction of sp³-hybridized carbons (Fsp3) is 0. The SMILES string of the molecule is Clc1cccc(-c2ncc(Br)o2)c1. The third kappa shape index (κ3) is 1.92. The van der Waals surface area contributed by atoms with Crippen LogP contribution in [-0.2, 0) is 0 Å². The van der Waals surface area contributed by atoms with Crippen LogP contribution in [0.4, 0.5) is 0 Å². The Labute approximate surface area is 88.7 Å². The molecule has 0 aliphatic carbocycles. The van der Waals surface area contributed by atoms with Gasteiger partial charge in [0.05, 0.1) is 6.20 Å². The zero-order valence-electron chi connectivity index (χ0n) is 6.50. The minimum Gasteiger partial charge on any atom is -0.429 e. The third-order valence-corrected chi connectivity index (χ3v) is 2.15. The summed E-state index contributed by atoms with van der Waals surface area (Å²) in [4.78, 5) is 4.05. The fourth-order valence-corrected chi connectivity index (χ4v) is 1.46. The minimum atomic E-state index is 0.564. The van der Waals surface area contributed by atoms with Crippen LogP contribution in [0.3, 0.4) is 0 Å². The molecule has 2 rings (SSSR count). The van der Waals surface area contributed by atoms with E-state index in [-0.39, 0.29) is 0 Å². The number of aromatic nitrogens is 1. The number of hydrogen-bond acceptors (Lipinski definition) is 2. The summed E-state index contributed by atoms with van der Waals surface area (Å²) >= 11 is 9.01. The van der Waals surface area contributed by atoms with Gasteiger partial charge in [-0.15, -0.1) is 0 Å². The Morgan fingerprint density at radius 2 is 2.23 bits per heavy atom. The lowest BCUT2D eigenvalue weighted by molar-refractivity contribution is 0.549. The summed E-state index contributed by atoms with van der Waals surface area (Å²) < 4.78 is 5.88. The van der Waals surface area contributed by atoms with Crippen molar-refractivity contribution in [1.82, 2.24) is 4.98 Å². The molecule has 0 aliphatic heterocycles. The zero-order chi connectivity index (χ0) is 9.26. The second-order valence-corrected chi connectivity index (χ2v) is 3.70. The van der Waals surface area contributed by atoms with Crippen LogP contribution >= 0.6 is 27.5 Å². The van der Waals surface area contributed by atoms with Gasteiger partial charge in [-0.1, -0.05) is 17.7 Å². The van der Waals surface area contributed by atoms with E-state index < -0.39 is 0 Å². The van der Waals surface area contributed by atoms with E-state index in [1.54, 1.807) is 12.3 Å². The summed E-state index contributed by atoms with van der Waals surface area (Å²) in [6.45, 7) is 0. The highest BCUT2D eigenvalue weighted by Crippen LogP contribution is 2.23. The number of benzene rings is 1. The summed E-state index contributed by atoms with van der Waals surface area (Å²) in [6, 6.07) is 7.36. The lowest BCUT2D eigenvalue weighted by atomic mass is 10.2. The molecule has 0 saturated carbocycles. The van der Waals surface area contributed by atoms with Gasteiger partial charge in [-0.25, -0.2) is 4.98 Å². The van der Waals surface area contributed by atoms with Crippen molar-refractivity contribution in [2.75, 3.05) is 0 Å². The molecule has 0 amide bonds. The molecule has 1 aromatic carbocycles. The summed E-state index contributed by atoms with van der Waals surface area (Å²) in [5, 5.41) is 0.673. The molecule has 0 bridgehead atoms. The van der Waals surface area contributed by atoms with Crippen LogP contribution in [0.1, 0.15) is 0 Å². The van der Waals surface area contributed by atoms with Crippen LogP contribution < -0.4 is 0 Å². The van der Waals surface area contributed by atoms with Gasteiger partial charge in [-0.05, 0) is 34.1 Å². The molecule has 1 heterocycles. The van der Waals surface area contributed by atoms with Gasteiger partial charge < -0.3 is 4.42 Å². The monoisotopic (exact) mass is 257 g/mol. The standard InChI is InChI=1S/C9H5BrClNO/c10-8-5-12-9(13-8)6-2-1-3-7(11)4-6/h1-5H. The van der Waals surface area contributed by atoms with Gasteiger partial charge in [-0.2, -0.15) is 0 Å². The summed E-state index contributed by atoms with van der Waals surface area (Å²) in [5.41, 5.74) is 0.873. The van der Waals surface area contributed by atoms with Crippen molar-refractivity contribution in [1.29, 1.82) is 0 Å². The first-order valence-corrected chi connectivity index (χ1v) is 4.80. The molecule has 0 saturated heterocycles. The Morgan fingerprint density at radius 3 is 2.85 bits per heavy atom. The van der Waals surface area contributed by atoms with Crippen molar-refractivity contribution in [3.63, 3.8) is 0 Å². The normalized spacial score (nSPS) is 10.3. The van der Waals surface area contributed by atoms with E-state index in [0.717, 1.165) is 5.56 Å². The number of hydrogen-bond donors (Lipinski definition) is 0. The Kier molecular flexibility index (Phi) is 2.38. The molecule has 0 unspecified atom stereocenters. The van der Waals surface area contributed by atoms with Crippen molar-refractivity contribution >= 4 is 27.5 Å². The first kappa shape index (κ1) is 8.78. The molecule has 66 valence electrons. The van der Waals surface area contributed by atoms with Crippen LogP contribution in [0.15, 0.2) is 39.5 Å². The quantitative estimate of drug-likeness (QED) is 0.778. The zero-order valence-corrected chi connectivity index (χ0v) is 8.84. The molecule has 2 nitrogen and oxygen atoms in total. The Hall–Kier alpha value is -0.800. The van der Waals surface area contributed by atoms with Crippen molar-refractivity contribution in [3.8, 4) is 11.5 Å². The molecule has 4 heteroatoms. The highest BCUT2D eigenvalue weighted by molar-refractivity contribution is 9.10. The van der Waals surface area contributed by atoms with Gasteiger partial charge in [0.15, 0.2) is 4.67 Å². The minimum absolute atomic E-state index is 0.564. The lowest BCUT2D eigenvalue weighted by Crippen LogP contribution is -1.75. The van der Waals surface area contributed by atoms with Gasteiger partial charge in [0.1, 0.15) is 0 Å². The van der Waals surface area contributed by atoms with Crippen LogP contribution in [0.25, 0.3) is 11.5 Å². The third-order valence-electron chi connectivity index (χ3n) is 1.55. The molecule has 0 aliphatic rings. The van der Waals surface area contributed by atoms with E-state index in [1.165, 1.54) is 0 Å². The lowest BCUT2D eigenvalue weighted by Gasteiger charge is -1.94. The number of nitrogens with zero attached hydrogens (tertiary/aromatic N) is 1. The first-order chi connectivity index (χ1) is 6.25. The summed E-state index contributed by atoms with van der Waals surface area (Å²) in [6.07, 6.45) is 1.61. The number of halogens is 2. The predicted molar refractivity (Wildman–Crippen MR) is 54.6 cm³/mol. The molecular weight excluding hydrogens is 253 g/mol. The van der Waals surface area contributed by atoms with E-state index in [0.29, 0.717) is 15.6 Å². The molecule has 2 aromatic rings. The van der Waals surface area contributed by atoms with E-state index in [9.17, 15) is 0 Å². The smallest absolute Gasteiger partial charge is 0.227 e. The average molecular weight is 259 g/mol. The van der Waals surface area contributed by atoms with Gasteiger partial charge in [0.2, 0.25) is 5.89 Å². The highest BCUT2D eigenvalue weighted by Gasteiger charge is 2.04. The molecule has 0 spiro atoms. The number of rotatable bonds is 1. The molecule has 0 atom stereocenters. The maximum absolute atomic E-state index is 5.82. The van der Waals surface area contributed by atoms with Gasteiger partial charge >= 0.3 is 0 Å². The molecular formula is C9H5BrClNO. The highest BCUT2D eigenvalue weighted by atomic mass is 79.9. The van der Waals surface area contributed by atoms with Crippen molar-refractivity contribution in [2.24, 2.45) is 0 Å². The van der Waals surface area contributed by atoms with Crippen LogP contribution in [0.2, 0.25) is 5.02 Å². The molecule has 1 aromatic heterocycles.